The Morgan fingerprint density at radius 2 is 1.00 bits per heavy atom. The molecule has 34 heavy (non-hydrogen) atoms. The van der Waals surface area contributed by atoms with Crippen molar-refractivity contribution in [2.24, 2.45) is 0 Å². The maximum Gasteiger partial charge on any atom is -1.00 e. The molecule has 0 aliphatic heterocycles. The van der Waals surface area contributed by atoms with Crippen molar-refractivity contribution in [2.75, 3.05) is 0 Å². The van der Waals surface area contributed by atoms with Crippen LogP contribution in [0.15, 0.2) is 78.4 Å². The molecule has 2 aromatic rings. The minimum atomic E-state index is -1.85. The summed E-state index contributed by atoms with van der Waals surface area (Å²) < 4.78 is 3.73. The van der Waals surface area contributed by atoms with Gasteiger partial charge in [-0.25, -0.2) is 0 Å². The topological polar surface area (TPSA) is 0 Å². The van der Waals surface area contributed by atoms with Gasteiger partial charge in [-0.3, -0.25) is 0 Å². The molecular formula is C30H36Cl2SiZr. The number of halogens is 2. The number of benzene rings is 2. The van der Waals surface area contributed by atoms with E-state index in [-0.39, 0.29) is 30.2 Å². The molecule has 4 heteroatoms. The molecule has 0 unspecified atom stereocenters. The van der Waals surface area contributed by atoms with Crippen molar-refractivity contribution in [1.29, 1.82) is 0 Å². The minimum absolute atomic E-state index is 0. The summed E-state index contributed by atoms with van der Waals surface area (Å²) in [5.41, 5.74) is 11.6. The van der Waals surface area contributed by atoms with Crippen LogP contribution in [0.4, 0.5) is 0 Å². The van der Waals surface area contributed by atoms with E-state index in [0.29, 0.717) is 0 Å². The zero-order valence-corrected chi connectivity index (χ0v) is 26.3. The molecule has 0 N–H and O–H groups in total. The van der Waals surface area contributed by atoms with Crippen molar-refractivity contribution in [3.63, 3.8) is 0 Å². The molecule has 0 heterocycles. The molecule has 0 atom stereocenters. The molecule has 0 aromatic heterocycles. The van der Waals surface area contributed by atoms with Crippen LogP contribution >= 0.6 is 0 Å². The van der Waals surface area contributed by atoms with Crippen molar-refractivity contribution in [3.8, 4) is 0 Å². The fourth-order valence-electron chi connectivity index (χ4n) is 5.22. The average molecular weight is 587 g/mol. The van der Waals surface area contributed by atoms with E-state index in [2.05, 4.69) is 101 Å². The van der Waals surface area contributed by atoms with Crippen LogP contribution in [0.5, 0.6) is 0 Å². The number of hydrogen-bond acceptors (Lipinski definition) is 0. The van der Waals surface area contributed by atoms with Gasteiger partial charge in [0.05, 0.1) is 0 Å². The molecule has 0 saturated carbocycles. The second-order valence-corrected chi connectivity index (χ2v) is 26.5. The summed E-state index contributed by atoms with van der Waals surface area (Å²) >= 11 is -1.85. The van der Waals surface area contributed by atoms with Gasteiger partial charge in [-0.1, -0.05) is 0 Å². The van der Waals surface area contributed by atoms with E-state index in [9.17, 15) is 0 Å². The summed E-state index contributed by atoms with van der Waals surface area (Å²) in [4.78, 5) is 0. The van der Waals surface area contributed by atoms with Crippen LogP contribution in [0.25, 0.3) is 11.1 Å². The molecule has 0 nitrogen and oxygen atoms in total. The van der Waals surface area contributed by atoms with Crippen LogP contribution in [0.1, 0.15) is 62.8 Å². The van der Waals surface area contributed by atoms with Gasteiger partial charge >= 0.3 is 204 Å². The fourth-order valence-corrected chi connectivity index (χ4v) is 23.7. The van der Waals surface area contributed by atoms with Gasteiger partial charge in [-0.15, -0.1) is 0 Å². The molecule has 4 rings (SSSR count). The van der Waals surface area contributed by atoms with E-state index in [1.54, 1.807) is 11.1 Å². The standard InChI is InChI=1S/2C14H15.C2H6Si.2ClH.Zr/c2*1-3-12-7-9-13(10-8-12)14-6-4-5-11(14)2;1-3-2;;;/h2*6-10H,3-4H2,1-2H3;1-2H3;2*1H;/q;;;;;+2/p-2. The number of hydrogen-bond donors (Lipinski definition) is 0. The summed E-state index contributed by atoms with van der Waals surface area (Å²) in [5.74, 6) is 0. The van der Waals surface area contributed by atoms with Crippen LogP contribution in [0.3, 0.4) is 0 Å². The van der Waals surface area contributed by atoms with Crippen molar-refractivity contribution in [2.45, 2.75) is 66.5 Å². The quantitative estimate of drug-likeness (QED) is 0.457. The molecule has 0 fully saturated rings. The molecule has 2 aliphatic rings. The monoisotopic (exact) mass is 584 g/mol. The normalized spacial score (nSPS) is 14.7. The first-order valence-electron chi connectivity index (χ1n) is 12.1. The molecule has 178 valence electrons. The molecular weight excluding hydrogens is 551 g/mol. The van der Waals surface area contributed by atoms with Gasteiger partial charge in [0.15, 0.2) is 0 Å². The summed E-state index contributed by atoms with van der Waals surface area (Å²) in [6.45, 7) is 14.5. The van der Waals surface area contributed by atoms with Crippen molar-refractivity contribution in [1.82, 2.24) is 0 Å². The Bertz CT molecular complexity index is 1100. The summed E-state index contributed by atoms with van der Waals surface area (Å²) in [6, 6.07) is 18.6. The average Bonchev–Trinajstić information content (AvgIpc) is 3.37. The molecule has 2 aromatic carbocycles. The van der Waals surface area contributed by atoms with Crippen LogP contribution < -0.4 is 24.8 Å². The first kappa shape index (κ1) is 29.3. The Morgan fingerprint density at radius 3 is 1.29 bits per heavy atom. The largest absolute Gasteiger partial charge is 1.00 e. The first-order valence-corrected chi connectivity index (χ1v) is 20.8. The van der Waals surface area contributed by atoms with Crippen molar-refractivity contribution < 1.29 is 45.2 Å². The first-order chi connectivity index (χ1) is 15.4. The van der Waals surface area contributed by atoms with Gasteiger partial charge in [0, 0.05) is 0 Å². The van der Waals surface area contributed by atoms with Gasteiger partial charge in [-0.05, 0) is 0 Å². The zero-order chi connectivity index (χ0) is 22.8. The Kier molecular flexibility index (Phi) is 11.1. The Balaban J connectivity index is 0.00000204. The van der Waals surface area contributed by atoms with Gasteiger partial charge in [0.2, 0.25) is 0 Å². The van der Waals surface area contributed by atoms with Crippen molar-refractivity contribution >= 4 is 16.6 Å². The minimum Gasteiger partial charge on any atom is -1.00 e. The van der Waals surface area contributed by atoms with E-state index in [1.165, 1.54) is 46.2 Å². The maximum atomic E-state index is 2.59. The van der Waals surface area contributed by atoms with E-state index >= 15 is 0 Å². The third-order valence-electron chi connectivity index (χ3n) is 7.18. The van der Waals surface area contributed by atoms with Crippen LogP contribution in [0, 0.1) is 0 Å². The Hall–Kier alpha value is -0.920. The molecule has 0 saturated heterocycles. The summed E-state index contributed by atoms with van der Waals surface area (Å²) in [5, 5.41) is 0. The summed E-state index contributed by atoms with van der Waals surface area (Å²) in [7, 11) is 0. The van der Waals surface area contributed by atoms with Crippen LogP contribution in [-0.4, -0.2) is 5.43 Å². The van der Waals surface area contributed by atoms with Gasteiger partial charge in [-0.2, -0.15) is 0 Å². The Morgan fingerprint density at radius 1 is 0.647 bits per heavy atom. The predicted molar refractivity (Wildman–Crippen MR) is 140 cm³/mol. The van der Waals surface area contributed by atoms with Gasteiger partial charge < -0.3 is 24.8 Å². The number of rotatable bonds is 6. The predicted octanol–water partition coefficient (Wildman–Crippen LogP) is 2.51. The second-order valence-electron chi connectivity index (χ2n) is 9.33. The van der Waals surface area contributed by atoms with Gasteiger partial charge in [0.25, 0.3) is 0 Å². The number of allylic oxidation sites excluding steroid dienone is 8. The number of aryl methyl sites for hydroxylation is 2. The van der Waals surface area contributed by atoms with Crippen molar-refractivity contribution in [3.05, 3.63) is 101 Å². The zero-order valence-electron chi connectivity index (χ0n) is 21.4. The molecule has 0 spiro atoms. The van der Waals surface area contributed by atoms with E-state index in [1.807, 2.05) is 6.56 Å². The fraction of sp³-hybridized carbons (Fsp3) is 0.333. The molecule has 0 bridgehead atoms. The molecule has 2 aliphatic carbocycles. The Labute approximate surface area is 227 Å². The maximum absolute atomic E-state index is 2.59. The summed E-state index contributed by atoms with van der Waals surface area (Å²) in [6.07, 6.45) is 9.66. The van der Waals surface area contributed by atoms with E-state index in [4.69, 9.17) is 0 Å². The van der Waals surface area contributed by atoms with Gasteiger partial charge in [0.1, 0.15) is 0 Å². The molecule has 0 radical (unpaired) electrons. The SMILES string of the molecule is CCc1ccc(C2=CC[C]([Zr+2]([C]3=C(C)C(c4ccc(CC)cc4)=CC3)=[Si](C)C)=C2C)cc1.[Cl-].[Cl-]. The second kappa shape index (κ2) is 12.9. The van der Waals surface area contributed by atoms with Crippen LogP contribution in [-0.2, 0) is 33.2 Å². The van der Waals surface area contributed by atoms with Crippen LogP contribution in [0.2, 0.25) is 13.1 Å². The van der Waals surface area contributed by atoms with E-state index in [0.717, 1.165) is 12.8 Å². The third kappa shape index (κ3) is 5.89. The smallest absolute Gasteiger partial charge is 1.00 e. The molecule has 0 amide bonds. The van der Waals surface area contributed by atoms with E-state index < -0.39 is 20.4 Å². The third-order valence-corrected chi connectivity index (χ3v) is 24.9.